The summed E-state index contributed by atoms with van der Waals surface area (Å²) in [6, 6.07) is 14.9. The Hall–Kier alpha value is -3.01. The highest BCUT2D eigenvalue weighted by Gasteiger charge is 2.35. The zero-order valence-corrected chi connectivity index (χ0v) is 23.7. The second kappa shape index (κ2) is 18.4. The Morgan fingerprint density at radius 1 is 0.750 bits per heavy atom. The van der Waals surface area contributed by atoms with E-state index in [2.05, 4.69) is 6.92 Å². The second-order valence-electron chi connectivity index (χ2n) is 10.0. The first-order valence-corrected chi connectivity index (χ1v) is 14.5. The van der Waals surface area contributed by atoms with Crippen LogP contribution in [0.2, 0.25) is 0 Å². The van der Waals surface area contributed by atoms with Gasteiger partial charge in [-0.1, -0.05) is 82.6 Å². The number of fused-ring (bicyclic) bond motifs is 2. The molecule has 0 saturated carbocycles. The van der Waals surface area contributed by atoms with Gasteiger partial charge in [-0.25, -0.2) is 5.48 Å². The van der Waals surface area contributed by atoms with E-state index < -0.39 is 11.5 Å². The molecule has 0 spiro atoms. The molecule has 1 heterocycles. The van der Waals surface area contributed by atoms with Crippen molar-refractivity contribution in [2.45, 2.75) is 70.3 Å². The highest BCUT2D eigenvalue weighted by Crippen LogP contribution is 2.32. The number of benzene rings is 2. The van der Waals surface area contributed by atoms with Crippen molar-refractivity contribution in [2.24, 2.45) is 0 Å². The molecule has 2 aromatic rings. The maximum atomic E-state index is 12.0. The normalized spacial score (nSPS) is 15.8. The minimum absolute atomic E-state index is 0.113. The van der Waals surface area contributed by atoms with E-state index in [0.29, 0.717) is 55.8 Å². The maximum Gasteiger partial charge on any atom is 0.269 e. The lowest BCUT2D eigenvalue weighted by Gasteiger charge is -2.34. The molecule has 0 aliphatic carbocycles. The lowest BCUT2D eigenvalue weighted by atomic mass is 9.96. The zero-order chi connectivity index (χ0) is 28.3. The third-order valence-electron chi connectivity index (χ3n) is 6.77. The molecule has 9 nitrogen and oxygen atoms in total. The van der Waals surface area contributed by atoms with Crippen LogP contribution in [0.25, 0.3) is 0 Å². The Morgan fingerprint density at radius 3 is 1.73 bits per heavy atom. The molecule has 1 amide bonds. The quantitative estimate of drug-likeness (QED) is 0.193. The Kier molecular flexibility index (Phi) is 14.5. The summed E-state index contributed by atoms with van der Waals surface area (Å²) < 4.78 is 36.3. The van der Waals surface area contributed by atoms with Crippen molar-refractivity contribution in [3.8, 4) is 23.0 Å². The number of nitrogens with one attached hydrogen (secondary N) is 1. The minimum atomic E-state index is -0.977. The van der Waals surface area contributed by atoms with Crippen molar-refractivity contribution in [3.05, 3.63) is 48.5 Å². The maximum absolute atomic E-state index is 12.0. The van der Waals surface area contributed by atoms with Crippen molar-refractivity contribution in [3.63, 3.8) is 0 Å². The Bertz CT molecular complexity index is 930. The standard InChI is InChI=1S/C31H45NO8/c1-2-3-4-5-6-7-8-13-18-31(40-23-30(33)32-34)24-38-28-16-11-9-14-26(28)36-21-19-35-20-22-37-27-15-10-12-17-29(27)39-25-31/h9-12,14-17,34H,2-8,13,18-25H2,1H3,(H,32,33). The summed E-state index contributed by atoms with van der Waals surface area (Å²) in [4.78, 5) is 12.0. The van der Waals surface area contributed by atoms with E-state index in [1.807, 2.05) is 48.5 Å². The van der Waals surface area contributed by atoms with Gasteiger partial charge in [-0.15, -0.1) is 0 Å². The second-order valence-corrected chi connectivity index (χ2v) is 10.0. The van der Waals surface area contributed by atoms with Crippen LogP contribution in [0.15, 0.2) is 48.5 Å². The van der Waals surface area contributed by atoms with E-state index in [1.165, 1.54) is 32.1 Å². The van der Waals surface area contributed by atoms with Gasteiger partial charge in [-0.2, -0.15) is 0 Å². The SMILES string of the molecule is CCCCCCCCCCC1(OCC(=O)NO)COc2ccccc2OCCOCCOc2ccccc2OC1. The molecule has 3 rings (SSSR count). The molecule has 222 valence electrons. The third kappa shape index (κ3) is 11.2. The van der Waals surface area contributed by atoms with Crippen LogP contribution in [0.4, 0.5) is 0 Å². The summed E-state index contributed by atoms with van der Waals surface area (Å²) in [5.41, 5.74) is 0.676. The van der Waals surface area contributed by atoms with Gasteiger partial charge in [0.2, 0.25) is 0 Å². The topological polar surface area (TPSA) is 105 Å². The van der Waals surface area contributed by atoms with Crippen LogP contribution in [-0.2, 0) is 14.3 Å². The van der Waals surface area contributed by atoms with E-state index in [0.717, 1.165) is 19.3 Å². The van der Waals surface area contributed by atoms with Gasteiger partial charge in [-0.3, -0.25) is 10.0 Å². The van der Waals surface area contributed by atoms with E-state index >= 15 is 0 Å². The van der Waals surface area contributed by atoms with E-state index in [1.54, 1.807) is 5.48 Å². The van der Waals surface area contributed by atoms with Crippen LogP contribution < -0.4 is 24.4 Å². The van der Waals surface area contributed by atoms with Crippen LogP contribution in [0, 0.1) is 0 Å². The van der Waals surface area contributed by atoms with Crippen molar-refractivity contribution in [2.75, 3.05) is 46.2 Å². The van der Waals surface area contributed by atoms with Crippen molar-refractivity contribution in [1.82, 2.24) is 5.48 Å². The summed E-state index contributed by atoms with van der Waals surface area (Å²) in [6.07, 6.45) is 9.87. The lowest BCUT2D eigenvalue weighted by Crippen LogP contribution is -2.47. The van der Waals surface area contributed by atoms with Crippen molar-refractivity contribution >= 4 is 5.91 Å². The molecule has 0 bridgehead atoms. The zero-order valence-electron chi connectivity index (χ0n) is 23.7. The highest BCUT2D eigenvalue weighted by atomic mass is 16.6. The van der Waals surface area contributed by atoms with Gasteiger partial charge in [-0.05, 0) is 30.7 Å². The fourth-order valence-electron chi connectivity index (χ4n) is 4.49. The fourth-order valence-corrected chi connectivity index (χ4v) is 4.49. The first-order valence-electron chi connectivity index (χ1n) is 14.5. The Morgan fingerprint density at radius 2 is 1.23 bits per heavy atom. The predicted molar refractivity (Wildman–Crippen MR) is 152 cm³/mol. The largest absolute Gasteiger partial charge is 0.487 e. The summed E-state index contributed by atoms with van der Waals surface area (Å²) in [6.45, 7) is 3.62. The number of hydrogen-bond donors (Lipinski definition) is 2. The van der Waals surface area contributed by atoms with Gasteiger partial charge in [0.1, 0.15) is 38.6 Å². The van der Waals surface area contributed by atoms with Gasteiger partial charge >= 0.3 is 0 Å². The number of carbonyl (C=O) groups is 1. The van der Waals surface area contributed by atoms with Crippen molar-refractivity contribution < 1.29 is 38.4 Å². The first kappa shape index (κ1) is 31.5. The van der Waals surface area contributed by atoms with Crippen LogP contribution >= 0.6 is 0 Å². The average Bonchev–Trinajstić information content (AvgIpc) is 2.98. The number of rotatable bonds is 12. The molecule has 0 radical (unpaired) electrons. The minimum Gasteiger partial charge on any atom is -0.487 e. The molecule has 9 heteroatoms. The molecule has 2 aromatic carbocycles. The predicted octanol–water partition coefficient (Wildman–Crippen LogP) is 5.72. The molecule has 40 heavy (non-hydrogen) atoms. The summed E-state index contributed by atoms with van der Waals surface area (Å²) in [5.74, 6) is 1.67. The molecular weight excluding hydrogens is 514 g/mol. The van der Waals surface area contributed by atoms with Gasteiger partial charge < -0.3 is 28.4 Å². The molecule has 0 aromatic heterocycles. The molecule has 0 saturated heterocycles. The number of para-hydroxylation sites is 4. The smallest absolute Gasteiger partial charge is 0.269 e. The number of ether oxygens (including phenoxy) is 6. The average molecular weight is 560 g/mol. The van der Waals surface area contributed by atoms with E-state index in [-0.39, 0.29) is 19.8 Å². The number of unbranched alkanes of at least 4 members (excludes halogenated alkanes) is 7. The number of amides is 1. The molecular formula is C31H45NO8. The first-order chi connectivity index (χ1) is 19.7. The monoisotopic (exact) mass is 559 g/mol. The number of carbonyl (C=O) groups excluding carboxylic acids is 1. The Balaban J connectivity index is 1.80. The van der Waals surface area contributed by atoms with Crippen LogP contribution in [0.5, 0.6) is 23.0 Å². The molecule has 1 aliphatic rings. The van der Waals surface area contributed by atoms with E-state index in [4.69, 9.17) is 33.6 Å². The molecule has 0 atom stereocenters. The fraction of sp³-hybridized carbons (Fsp3) is 0.581. The van der Waals surface area contributed by atoms with Gasteiger partial charge in [0, 0.05) is 0 Å². The van der Waals surface area contributed by atoms with Crippen LogP contribution in [0.3, 0.4) is 0 Å². The molecule has 0 unspecified atom stereocenters. The molecule has 1 aliphatic heterocycles. The summed E-state index contributed by atoms with van der Waals surface area (Å²) in [7, 11) is 0. The lowest BCUT2D eigenvalue weighted by molar-refractivity contribution is -0.149. The summed E-state index contributed by atoms with van der Waals surface area (Å²) >= 11 is 0. The van der Waals surface area contributed by atoms with Gasteiger partial charge in [0.05, 0.1) is 13.2 Å². The number of hydrogen-bond acceptors (Lipinski definition) is 8. The summed E-state index contributed by atoms with van der Waals surface area (Å²) in [5, 5.41) is 9.12. The van der Waals surface area contributed by atoms with Crippen LogP contribution in [0.1, 0.15) is 64.7 Å². The van der Waals surface area contributed by atoms with Gasteiger partial charge in [0.15, 0.2) is 23.0 Å². The Labute approximate surface area is 238 Å². The van der Waals surface area contributed by atoms with Gasteiger partial charge in [0.25, 0.3) is 5.91 Å². The van der Waals surface area contributed by atoms with Crippen molar-refractivity contribution in [1.29, 1.82) is 0 Å². The van der Waals surface area contributed by atoms with E-state index in [9.17, 15) is 4.79 Å². The van der Waals surface area contributed by atoms with Crippen LogP contribution in [-0.4, -0.2) is 63.0 Å². The number of hydroxylamine groups is 1. The third-order valence-corrected chi connectivity index (χ3v) is 6.77. The highest BCUT2D eigenvalue weighted by molar-refractivity contribution is 5.75. The molecule has 0 fully saturated rings. The molecule has 2 N–H and O–H groups in total.